The molecule has 1 heterocycles. The van der Waals surface area contributed by atoms with Crippen LogP contribution in [0.2, 0.25) is 5.02 Å². The summed E-state index contributed by atoms with van der Waals surface area (Å²) < 4.78 is 5.61. The number of rotatable bonds is 7. The molecule has 132 valence electrons. The van der Waals surface area contributed by atoms with Gasteiger partial charge in [-0.1, -0.05) is 23.7 Å². The number of anilines is 1. The minimum absolute atomic E-state index is 0.0438. The third kappa shape index (κ3) is 4.74. The molecule has 1 fully saturated rings. The van der Waals surface area contributed by atoms with Crippen molar-refractivity contribution in [2.45, 2.75) is 12.8 Å². The van der Waals surface area contributed by atoms with Gasteiger partial charge in [-0.25, -0.2) is 0 Å². The van der Waals surface area contributed by atoms with Crippen molar-refractivity contribution in [1.29, 1.82) is 0 Å². The molecule has 1 aromatic carbocycles. The molecule has 2 aromatic rings. The van der Waals surface area contributed by atoms with Crippen LogP contribution in [-0.4, -0.2) is 36.9 Å². The normalized spacial score (nSPS) is 13.4. The molecule has 0 aliphatic heterocycles. The second-order valence-electron chi connectivity index (χ2n) is 5.93. The Bertz CT molecular complexity index is 773. The van der Waals surface area contributed by atoms with E-state index < -0.39 is 0 Å². The van der Waals surface area contributed by atoms with Crippen LogP contribution in [0.5, 0.6) is 5.75 Å². The minimum Gasteiger partial charge on any atom is -0.490 e. The Morgan fingerprint density at radius 2 is 2.04 bits per heavy atom. The van der Waals surface area contributed by atoms with Gasteiger partial charge in [0.1, 0.15) is 12.4 Å². The Morgan fingerprint density at radius 3 is 2.76 bits per heavy atom. The lowest BCUT2D eigenvalue weighted by Crippen LogP contribution is -2.30. The van der Waals surface area contributed by atoms with Crippen LogP contribution in [0.15, 0.2) is 36.4 Å². The summed E-state index contributed by atoms with van der Waals surface area (Å²) in [7, 11) is 1.72. The average molecular weight is 379 g/mol. The summed E-state index contributed by atoms with van der Waals surface area (Å²) >= 11 is 7.32. The van der Waals surface area contributed by atoms with E-state index in [9.17, 15) is 9.59 Å². The van der Waals surface area contributed by atoms with E-state index in [1.807, 2.05) is 12.1 Å². The van der Waals surface area contributed by atoms with Crippen molar-refractivity contribution >= 4 is 39.8 Å². The third-order valence-corrected chi connectivity index (χ3v) is 5.18. The maximum atomic E-state index is 12.4. The Hall–Kier alpha value is -2.05. The number of likely N-dealkylation sites (N-methyl/N-ethyl adjacent to an activating group) is 1. The zero-order chi connectivity index (χ0) is 17.8. The minimum atomic E-state index is -0.0975. The molecule has 1 aliphatic rings. The summed E-state index contributed by atoms with van der Waals surface area (Å²) in [5, 5.41) is 4.11. The highest BCUT2D eigenvalue weighted by Crippen LogP contribution is 2.31. The lowest BCUT2D eigenvalue weighted by molar-refractivity contribution is -0.117. The Balaban J connectivity index is 1.49. The highest BCUT2D eigenvalue weighted by atomic mass is 35.5. The Labute approximate surface area is 155 Å². The second-order valence-corrected chi connectivity index (χ2v) is 7.42. The van der Waals surface area contributed by atoms with E-state index in [-0.39, 0.29) is 17.7 Å². The molecule has 1 N–H and O–H groups in total. The standard InChI is InChI=1S/C18H19ClN2O3S/c1-21(10-11-24-14-5-3-2-4-13(14)19)18(23)15-8-9-16(25-15)20-17(22)12-6-7-12/h2-5,8-9,12H,6-7,10-11H2,1H3,(H,20,22). The van der Waals surface area contributed by atoms with E-state index >= 15 is 0 Å². The number of carbonyl (C=O) groups excluding carboxylic acids is 2. The van der Waals surface area contributed by atoms with Crippen molar-refractivity contribution in [3.8, 4) is 5.75 Å². The molecule has 1 saturated carbocycles. The number of hydrogen-bond acceptors (Lipinski definition) is 4. The van der Waals surface area contributed by atoms with Crippen LogP contribution in [0.25, 0.3) is 0 Å². The average Bonchev–Trinajstić information content (AvgIpc) is 3.36. The number of nitrogens with one attached hydrogen (secondary N) is 1. The molecule has 25 heavy (non-hydrogen) atoms. The number of benzene rings is 1. The summed E-state index contributed by atoms with van der Waals surface area (Å²) in [6.07, 6.45) is 1.91. The first-order chi connectivity index (χ1) is 12.0. The Morgan fingerprint density at radius 1 is 1.28 bits per heavy atom. The van der Waals surface area contributed by atoms with Crippen LogP contribution in [0.4, 0.5) is 5.00 Å². The largest absolute Gasteiger partial charge is 0.490 e. The summed E-state index contributed by atoms with van der Waals surface area (Å²) in [4.78, 5) is 26.4. The van der Waals surface area contributed by atoms with E-state index in [4.69, 9.17) is 16.3 Å². The van der Waals surface area contributed by atoms with Crippen molar-refractivity contribution < 1.29 is 14.3 Å². The fraction of sp³-hybridized carbons (Fsp3) is 0.333. The molecule has 1 aliphatic carbocycles. The third-order valence-electron chi connectivity index (χ3n) is 3.88. The fourth-order valence-corrected chi connectivity index (χ4v) is 3.33. The smallest absolute Gasteiger partial charge is 0.263 e. The zero-order valence-electron chi connectivity index (χ0n) is 13.8. The molecule has 2 amide bonds. The SMILES string of the molecule is CN(CCOc1ccccc1Cl)C(=O)c1ccc(NC(=O)C2CC2)s1. The molecule has 1 aromatic heterocycles. The molecule has 0 spiro atoms. The summed E-state index contributed by atoms with van der Waals surface area (Å²) in [6, 6.07) is 10.7. The molecule has 0 bridgehead atoms. The van der Waals surface area contributed by atoms with Gasteiger partial charge in [0.2, 0.25) is 5.91 Å². The van der Waals surface area contributed by atoms with Crippen molar-refractivity contribution in [3.63, 3.8) is 0 Å². The molecule has 0 radical (unpaired) electrons. The summed E-state index contributed by atoms with van der Waals surface area (Å²) in [6.45, 7) is 0.786. The quantitative estimate of drug-likeness (QED) is 0.794. The lowest BCUT2D eigenvalue weighted by atomic mass is 10.3. The molecule has 7 heteroatoms. The molecule has 0 saturated heterocycles. The van der Waals surface area contributed by atoms with Gasteiger partial charge in [0.25, 0.3) is 5.91 Å². The van der Waals surface area contributed by atoms with Gasteiger partial charge in [0.15, 0.2) is 0 Å². The summed E-state index contributed by atoms with van der Waals surface area (Å²) in [5.41, 5.74) is 0. The monoisotopic (exact) mass is 378 g/mol. The van der Waals surface area contributed by atoms with E-state index in [1.165, 1.54) is 11.3 Å². The predicted octanol–water partition coefficient (Wildman–Crippen LogP) is 3.90. The van der Waals surface area contributed by atoms with Gasteiger partial charge in [-0.3, -0.25) is 9.59 Å². The molecule has 0 atom stereocenters. The van der Waals surface area contributed by atoms with Crippen molar-refractivity contribution in [1.82, 2.24) is 4.90 Å². The van der Waals surface area contributed by atoms with Crippen LogP contribution in [-0.2, 0) is 4.79 Å². The van der Waals surface area contributed by atoms with E-state index in [1.54, 1.807) is 36.2 Å². The van der Waals surface area contributed by atoms with E-state index in [2.05, 4.69) is 5.32 Å². The van der Waals surface area contributed by atoms with Gasteiger partial charge in [-0.05, 0) is 37.1 Å². The molecule has 5 nitrogen and oxygen atoms in total. The molecule has 0 unspecified atom stereocenters. The number of nitrogens with zero attached hydrogens (tertiary/aromatic N) is 1. The molecule has 3 rings (SSSR count). The van der Waals surface area contributed by atoms with E-state index in [0.717, 1.165) is 12.8 Å². The maximum Gasteiger partial charge on any atom is 0.263 e. The van der Waals surface area contributed by atoms with Gasteiger partial charge in [-0.2, -0.15) is 0 Å². The number of thiophene rings is 1. The van der Waals surface area contributed by atoms with Crippen molar-refractivity contribution in [2.75, 3.05) is 25.5 Å². The van der Waals surface area contributed by atoms with Crippen LogP contribution in [0, 0.1) is 5.92 Å². The highest BCUT2D eigenvalue weighted by Gasteiger charge is 2.30. The molecular formula is C18H19ClN2O3S. The number of para-hydroxylation sites is 1. The summed E-state index contributed by atoms with van der Waals surface area (Å²) in [5.74, 6) is 0.694. The maximum absolute atomic E-state index is 12.4. The van der Waals surface area contributed by atoms with Crippen LogP contribution < -0.4 is 10.1 Å². The van der Waals surface area contributed by atoms with Crippen molar-refractivity contribution in [2.24, 2.45) is 5.92 Å². The van der Waals surface area contributed by atoms with Gasteiger partial charge < -0.3 is 15.0 Å². The fourth-order valence-electron chi connectivity index (χ4n) is 2.23. The van der Waals surface area contributed by atoms with Gasteiger partial charge >= 0.3 is 0 Å². The highest BCUT2D eigenvalue weighted by molar-refractivity contribution is 7.18. The molecular weight excluding hydrogens is 360 g/mol. The number of carbonyl (C=O) groups is 2. The van der Waals surface area contributed by atoms with Gasteiger partial charge in [0.05, 0.1) is 21.4 Å². The zero-order valence-corrected chi connectivity index (χ0v) is 15.4. The topological polar surface area (TPSA) is 58.6 Å². The number of ether oxygens (including phenoxy) is 1. The van der Waals surface area contributed by atoms with Crippen LogP contribution in [0.3, 0.4) is 0 Å². The number of halogens is 1. The van der Waals surface area contributed by atoms with Crippen molar-refractivity contribution in [3.05, 3.63) is 46.3 Å². The first-order valence-corrected chi connectivity index (χ1v) is 9.27. The number of amides is 2. The number of hydrogen-bond donors (Lipinski definition) is 1. The van der Waals surface area contributed by atoms with Crippen LogP contribution in [0.1, 0.15) is 22.5 Å². The van der Waals surface area contributed by atoms with Gasteiger partial charge in [-0.15, -0.1) is 11.3 Å². The first-order valence-electron chi connectivity index (χ1n) is 8.08. The van der Waals surface area contributed by atoms with E-state index in [0.29, 0.717) is 33.8 Å². The lowest BCUT2D eigenvalue weighted by Gasteiger charge is -2.17. The Kier molecular flexibility index (Phi) is 5.60. The second kappa shape index (κ2) is 7.89. The first kappa shape index (κ1) is 17.8. The predicted molar refractivity (Wildman–Crippen MR) is 99.6 cm³/mol. The van der Waals surface area contributed by atoms with Gasteiger partial charge in [0, 0.05) is 13.0 Å². The van der Waals surface area contributed by atoms with Crippen LogP contribution >= 0.6 is 22.9 Å².